The fourth-order valence-electron chi connectivity index (χ4n) is 0.737. The first kappa shape index (κ1) is 9.48. The van der Waals surface area contributed by atoms with Gasteiger partial charge in [-0.05, 0) is 20.8 Å². The van der Waals surface area contributed by atoms with Gasteiger partial charge in [0.25, 0.3) is 0 Å². The van der Waals surface area contributed by atoms with Gasteiger partial charge in [0.2, 0.25) is 0 Å². The van der Waals surface area contributed by atoms with Crippen LogP contribution in [0.5, 0.6) is 0 Å². The molecule has 0 saturated heterocycles. The highest BCUT2D eigenvalue weighted by Gasteiger charge is 2.09. The minimum atomic E-state index is -0.353. The fourth-order valence-corrected chi connectivity index (χ4v) is 1.50. The summed E-state index contributed by atoms with van der Waals surface area (Å²) in [6.07, 6.45) is 1.47. The Labute approximate surface area is 76.5 Å². The van der Waals surface area contributed by atoms with Crippen LogP contribution in [0.15, 0.2) is 6.20 Å². The zero-order chi connectivity index (χ0) is 9.14. The third kappa shape index (κ3) is 2.46. The van der Waals surface area contributed by atoms with Crippen molar-refractivity contribution in [1.29, 1.82) is 0 Å². The van der Waals surface area contributed by atoms with Crippen LogP contribution in [0.4, 0.5) is 5.13 Å². The minimum absolute atomic E-state index is 0.0514. The molecule has 0 aliphatic heterocycles. The maximum atomic E-state index is 9.20. The molecule has 2 N–H and O–H groups in total. The van der Waals surface area contributed by atoms with Crippen LogP contribution in [0.1, 0.15) is 18.7 Å². The predicted molar refractivity (Wildman–Crippen MR) is 51.6 cm³/mol. The summed E-state index contributed by atoms with van der Waals surface area (Å²) in [6.45, 7) is 5.70. The Kier molecular flexibility index (Phi) is 3.05. The number of aryl methyl sites for hydroxylation is 1. The summed E-state index contributed by atoms with van der Waals surface area (Å²) in [4.78, 5) is 5.31. The lowest BCUT2D eigenvalue weighted by Crippen LogP contribution is -2.27. The van der Waals surface area contributed by atoms with E-state index in [1.807, 2.05) is 20.0 Å². The minimum Gasteiger partial charge on any atom is -0.391 e. The lowest BCUT2D eigenvalue weighted by molar-refractivity contribution is 0.178. The smallest absolute Gasteiger partial charge is 0.183 e. The largest absolute Gasteiger partial charge is 0.391 e. The standard InChI is InChI=1S/C8H14N2OS/c1-5-4-9-8(12-5)10-6(2)7(3)11/h4,6-7,11H,1-3H3,(H,9,10). The van der Waals surface area contributed by atoms with E-state index in [1.165, 1.54) is 4.88 Å². The maximum absolute atomic E-state index is 9.20. The van der Waals surface area contributed by atoms with Crippen LogP contribution in [0.25, 0.3) is 0 Å². The van der Waals surface area contributed by atoms with E-state index in [2.05, 4.69) is 10.3 Å². The van der Waals surface area contributed by atoms with Gasteiger partial charge in [0.1, 0.15) is 0 Å². The second kappa shape index (κ2) is 3.87. The van der Waals surface area contributed by atoms with E-state index >= 15 is 0 Å². The van der Waals surface area contributed by atoms with Crippen molar-refractivity contribution in [1.82, 2.24) is 4.98 Å². The average molecular weight is 186 g/mol. The second-order valence-corrected chi connectivity index (χ2v) is 4.18. The number of rotatable bonds is 3. The molecule has 0 fully saturated rings. The number of nitrogens with one attached hydrogen (secondary N) is 1. The summed E-state index contributed by atoms with van der Waals surface area (Å²) in [7, 11) is 0. The van der Waals surface area contributed by atoms with Crippen LogP contribution in [-0.4, -0.2) is 22.2 Å². The Bertz CT molecular complexity index is 247. The van der Waals surface area contributed by atoms with Crippen molar-refractivity contribution >= 4 is 16.5 Å². The van der Waals surface area contributed by atoms with Crippen molar-refractivity contribution in [3.63, 3.8) is 0 Å². The fraction of sp³-hybridized carbons (Fsp3) is 0.625. The lowest BCUT2D eigenvalue weighted by atomic mass is 10.2. The first-order valence-electron chi connectivity index (χ1n) is 3.96. The van der Waals surface area contributed by atoms with E-state index in [4.69, 9.17) is 0 Å². The predicted octanol–water partition coefficient (Wildman–Crippen LogP) is 1.63. The van der Waals surface area contributed by atoms with Crippen molar-refractivity contribution < 1.29 is 5.11 Å². The molecule has 4 heteroatoms. The molecule has 0 radical (unpaired) electrons. The molecule has 2 atom stereocenters. The molecule has 0 aliphatic rings. The molecule has 1 rings (SSSR count). The molecular formula is C8H14N2OS. The highest BCUT2D eigenvalue weighted by molar-refractivity contribution is 7.15. The SMILES string of the molecule is Cc1cnc(NC(C)C(C)O)s1. The topological polar surface area (TPSA) is 45.2 Å². The molecule has 1 aromatic heterocycles. The number of aliphatic hydroxyl groups excluding tert-OH is 1. The van der Waals surface area contributed by atoms with Crippen molar-refractivity contribution in [3.05, 3.63) is 11.1 Å². The van der Waals surface area contributed by atoms with Crippen LogP contribution < -0.4 is 5.32 Å². The van der Waals surface area contributed by atoms with Gasteiger partial charge in [0.05, 0.1) is 12.1 Å². The highest BCUT2D eigenvalue weighted by Crippen LogP contribution is 2.17. The second-order valence-electron chi connectivity index (χ2n) is 2.95. The summed E-state index contributed by atoms with van der Waals surface area (Å²) in [6, 6.07) is 0.0514. The number of anilines is 1. The quantitative estimate of drug-likeness (QED) is 0.754. The third-order valence-electron chi connectivity index (χ3n) is 1.70. The van der Waals surface area contributed by atoms with Gasteiger partial charge in [-0.3, -0.25) is 0 Å². The Morgan fingerprint density at radius 2 is 2.25 bits per heavy atom. The van der Waals surface area contributed by atoms with Gasteiger partial charge in [-0.1, -0.05) is 0 Å². The summed E-state index contributed by atoms with van der Waals surface area (Å²) in [5, 5.41) is 13.2. The van der Waals surface area contributed by atoms with E-state index in [1.54, 1.807) is 18.3 Å². The number of thiazole rings is 1. The highest BCUT2D eigenvalue weighted by atomic mass is 32.1. The zero-order valence-electron chi connectivity index (χ0n) is 7.53. The normalized spacial score (nSPS) is 15.7. The number of aromatic nitrogens is 1. The van der Waals surface area contributed by atoms with Crippen molar-refractivity contribution in [3.8, 4) is 0 Å². The van der Waals surface area contributed by atoms with E-state index in [0.717, 1.165) is 5.13 Å². The van der Waals surface area contributed by atoms with E-state index in [0.29, 0.717) is 0 Å². The molecule has 0 bridgehead atoms. The third-order valence-corrected chi connectivity index (χ3v) is 2.54. The van der Waals surface area contributed by atoms with E-state index in [-0.39, 0.29) is 12.1 Å². The van der Waals surface area contributed by atoms with Gasteiger partial charge < -0.3 is 10.4 Å². The molecular weight excluding hydrogens is 172 g/mol. The molecule has 0 amide bonds. The van der Waals surface area contributed by atoms with E-state index < -0.39 is 0 Å². The zero-order valence-corrected chi connectivity index (χ0v) is 8.35. The van der Waals surface area contributed by atoms with Crippen LogP contribution in [0.2, 0.25) is 0 Å². The molecule has 0 aliphatic carbocycles. The Balaban J connectivity index is 2.52. The Morgan fingerprint density at radius 1 is 1.58 bits per heavy atom. The summed E-state index contributed by atoms with van der Waals surface area (Å²) >= 11 is 1.60. The van der Waals surface area contributed by atoms with Gasteiger partial charge in [0.15, 0.2) is 5.13 Å². The Hall–Kier alpha value is -0.610. The van der Waals surface area contributed by atoms with Gasteiger partial charge in [-0.2, -0.15) is 0 Å². The van der Waals surface area contributed by atoms with Crippen molar-refractivity contribution in [2.24, 2.45) is 0 Å². The van der Waals surface area contributed by atoms with Crippen LogP contribution in [0.3, 0.4) is 0 Å². The average Bonchev–Trinajstić information content (AvgIpc) is 2.35. The molecule has 0 spiro atoms. The Morgan fingerprint density at radius 3 is 2.67 bits per heavy atom. The van der Waals surface area contributed by atoms with Crippen LogP contribution in [0, 0.1) is 6.92 Å². The molecule has 0 aromatic carbocycles. The number of aliphatic hydroxyl groups is 1. The van der Waals surface area contributed by atoms with Crippen LogP contribution >= 0.6 is 11.3 Å². The van der Waals surface area contributed by atoms with Gasteiger partial charge in [-0.25, -0.2) is 4.98 Å². The number of nitrogens with zero attached hydrogens (tertiary/aromatic N) is 1. The first-order chi connectivity index (χ1) is 5.59. The molecule has 1 heterocycles. The molecule has 1 aromatic rings. The lowest BCUT2D eigenvalue weighted by Gasteiger charge is -2.15. The van der Waals surface area contributed by atoms with E-state index in [9.17, 15) is 5.11 Å². The maximum Gasteiger partial charge on any atom is 0.183 e. The monoisotopic (exact) mass is 186 g/mol. The van der Waals surface area contributed by atoms with Crippen LogP contribution in [-0.2, 0) is 0 Å². The molecule has 0 saturated carbocycles. The molecule has 2 unspecified atom stereocenters. The summed E-state index contributed by atoms with van der Waals surface area (Å²) in [5.74, 6) is 0. The van der Waals surface area contributed by atoms with Gasteiger partial charge in [0, 0.05) is 11.1 Å². The number of hydrogen-bond acceptors (Lipinski definition) is 4. The molecule has 68 valence electrons. The first-order valence-corrected chi connectivity index (χ1v) is 4.78. The summed E-state index contributed by atoms with van der Waals surface area (Å²) < 4.78 is 0. The van der Waals surface area contributed by atoms with Crippen molar-refractivity contribution in [2.75, 3.05) is 5.32 Å². The molecule has 3 nitrogen and oxygen atoms in total. The van der Waals surface area contributed by atoms with Gasteiger partial charge in [-0.15, -0.1) is 11.3 Å². The van der Waals surface area contributed by atoms with Crippen molar-refractivity contribution in [2.45, 2.75) is 32.9 Å². The van der Waals surface area contributed by atoms with Gasteiger partial charge >= 0.3 is 0 Å². The summed E-state index contributed by atoms with van der Waals surface area (Å²) in [5.41, 5.74) is 0. The number of hydrogen-bond donors (Lipinski definition) is 2. The molecule has 12 heavy (non-hydrogen) atoms.